The molecule has 0 bridgehead atoms. The molecular formula is C18H17BrN2O. The van der Waals surface area contributed by atoms with Crippen LogP contribution in [0.3, 0.4) is 0 Å². The van der Waals surface area contributed by atoms with E-state index in [2.05, 4.69) is 33.4 Å². The first-order chi connectivity index (χ1) is 10.5. The number of aryl methyl sites for hydroxylation is 2. The molecule has 1 heterocycles. The van der Waals surface area contributed by atoms with Crippen LogP contribution >= 0.6 is 15.9 Å². The molecule has 0 radical (unpaired) electrons. The van der Waals surface area contributed by atoms with Gasteiger partial charge in [0.2, 0.25) is 5.91 Å². The number of hydrogen-bond acceptors (Lipinski definition) is 1. The summed E-state index contributed by atoms with van der Waals surface area (Å²) in [5, 5.41) is 4.15. The maximum atomic E-state index is 12.4. The van der Waals surface area contributed by atoms with Crippen molar-refractivity contribution in [2.75, 3.05) is 5.32 Å². The van der Waals surface area contributed by atoms with Gasteiger partial charge in [0, 0.05) is 21.4 Å². The summed E-state index contributed by atoms with van der Waals surface area (Å²) in [5.74, 6) is -0.0225. The number of nitrogens with one attached hydrogen (secondary N) is 1. The SMILES string of the molecule is Cc1ccc(Br)cc1NC(=O)Cn1c(C)cc2ccccc21. The zero-order valence-corrected chi connectivity index (χ0v) is 14.1. The van der Waals surface area contributed by atoms with Crippen molar-refractivity contribution < 1.29 is 4.79 Å². The number of para-hydroxylation sites is 1. The monoisotopic (exact) mass is 356 g/mol. The molecule has 22 heavy (non-hydrogen) atoms. The molecule has 0 aliphatic heterocycles. The molecule has 112 valence electrons. The third kappa shape index (κ3) is 2.92. The topological polar surface area (TPSA) is 34.0 Å². The van der Waals surface area contributed by atoms with Gasteiger partial charge in [-0.05, 0) is 49.1 Å². The number of hydrogen-bond donors (Lipinski definition) is 1. The van der Waals surface area contributed by atoms with E-state index in [0.29, 0.717) is 6.54 Å². The Bertz CT molecular complexity index is 851. The van der Waals surface area contributed by atoms with Crippen molar-refractivity contribution in [3.63, 3.8) is 0 Å². The normalized spacial score (nSPS) is 10.9. The maximum absolute atomic E-state index is 12.4. The van der Waals surface area contributed by atoms with Crippen LogP contribution in [0.2, 0.25) is 0 Å². The Labute approximate surface area is 138 Å². The number of nitrogens with zero attached hydrogens (tertiary/aromatic N) is 1. The van der Waals surface area contributed by atoms with E-state index in [1.165, 1.54) is 0 Å². The first-order valence-corrected chi connectivity index (χ1v) is 7.95. The number of anilines is 1. The highest BCUT2D eigenvalue weighted by Crippen LogP contribution is 2.22. The second kappa shape index (κ2) is 5.97. The largest absolute Gasteiger partial charge is 0.335 e. The standard InChI is InChI=1S/C18H17BrN2O/c1-12-7-8-15(19)10-16(12)20-18(22)11-21-13(2)9-14-5-3-4-6-17(14)21/h3-10H,11H2,1-2H3,(H,20,22). The van der Waals surface area contributed by atoms with Crippen molar-refractivity contribution in [2.45, 2.75) is 20.4 Å². The Balaban J connectivity index is 1.84. The second-order valence-corrected chi connectivity index (χ2v) is 6.35. The number of carbonyl (C=O) groups excluding carboxylic acids is 1. The molecule has 4 heteroatoms. The quantitative estimate of drug-likeness (QED) is 0.727. The number of carbonyl (C=O) groups is 1. The van der Waals surface area contributed by atoms with Gasteiger partial charge in [-0.3, -0.25) is 4.79 Å². The van der Waals surface area contributed by atoms with Crippen molar-refractivity contribution in [3.8, 4) is 0 Å². The van der Waals surface area contributed by atoms with Gasteiger partial charge in [0.15, 0.2) is 0 Å². The molecular weight excluding hydrogens is 340 g/mol. The van der Waals surface area contributed by atoms with E-state index in [0.717, 1.165) is 32.3 Å². The fourth-order valence-electron chi connectivity index (χ4n) is 2.62. The van der Waals surface area contributed by atoms with Crippen LogP contribution in [0.5, 0.6) is 0 Å². The van der Waals surface area contributed by atoms with Gasteiger partial charge in [-0.25, -0.2) is 0 Å². The van der Waals surface area contributed by atoms with Crippen LogP contribution in [0, 0.1) is 13.8 Å². The third-order valence-electron chi connectivity index (χ3n) is 3.79. The number of rotatable bonds is 3. The van der Waals surface area contributed by atoms with Gasteiger partial charge >= 0.3 is 0 Å². The Morgan fingerprint density at radius 1 is 1.14 bits per heavy atom. The fourth-order valence-corrected chi connectivity index (χ4v) is 2.98. The predicted octanol–water partition coefficient (Wildman–Crippen LogP) is 4.66. The molecule has 1 amide bonds. The highest BCUT2D eigenvalue weighted by molar-refractivity contribution is 9.10. The molecule has 3 nitrogen and oxygen atoms in total. The van der Waals surface area contributed by atoms with Crippen LogP contribution in [0.4, 0.5) is 5.69 Å². The molecule has 0 saturated heterocycles. The molecule has 0 unspecified atom stereocenters. The molecule has 1 aromatic heterocycles. The summed E-state index contributed by atoms with van der Waals surface area (Å²) in [6.45, 7) is 4.32. The summed E-state index contributed by atoms with van der Waals surface area (Å²) in [6.07, 6.45) is 0. The molecule has 0 fully saturated rings. The molecule has 1 N–H and O–H groups in total. The highest BCUT2D eigenvalue weighted by Gasteiger charge is 2.10. The lowest BCUT2D eigenvalue weighted by atomic mass is 10.2. The van der Waals surface area contributed by atoms with Crippen molar-refractivity contribution in [1.82, 2.24) is 4.57 Å². The maximum Gasteiger partial charge on any atom is 0.244 e. The van der Waals surface area contributed by atoms with Crippen LogP contribution in [0.25, 0.3) is 10.9 Å². The zero-order valence-electron chi connectivity index (χ0n) is 12.6. The lowest BCUT2D eigenvalue weighted by Gasteiger charge is -2.11. The van der Waals surface area contributed by atoms with Crippen molar-refractivity contribution in [1.29, 1.82) is 0 Å². The van der Waals surface area contributed by atoms with Crippen molar-refractivity contribution in [2.24, 2.45) is 0 Å². The smallest absolute Gasteiger partial charge is 0.244 e. The Morgan fingerprint density at radius 2 is 1.91 bits per heavy atom. The summed E-state index contributed by atoms with van der Waals surface area (Å²) in [7, 11) is 0. The zero-order chi connectivity index (χ0) is 15.7. The molecule has 0 saturated carbocycles. The summed E-state index contributed by atoms with van der Waals surface area (Å²) >= 11 is 3.43. The van der Waals surface area contributed by atoms with Gasteiger partial charge in [0.1, 0.15) is 6.54 Å². The van der Waals surface area contributed by atoms with Crippen LogP contribution in [0.1, 0.15) is 11.3 Å². The van der Waals surface area contributed by atoms with Crippen molar-refractivity contribution >= 4 is 38.4 Å². The number of amides is 1. The minimum absolute atomic E-state index is 0.0225. The van der Waals surface area contributed by atoms with Gasteiger partial charge in [0.25, 0.3) is 0 Å². The lowest BCUT2D eigenvalue weighted by molar-refractivity contribution is -0.116. The van der Waals surface area contributed by atoms with Gasteiger partial charge in [0.05, 0.1) is 0 Å². The minimum atomic E-state index is -0.0225. The summed E-state index contributed by atoms with van der Waals surface area (Å²) < 4.78 is 2.99. The molecule has 0 aliphatic carbocycles. The van der Waals surface area contributed by atoms with Crippen LogP contribution in [0.15, 0.2) is 53.0 Å². The van der Waals surface area contributed by atoms with E-state index in [1.54, 1.807) is 0 Å². The summed E-state index contributed by atoms with van der Waals surface area (Å²) in [5.41, 5.74) is 4.06. The van der Waals surface area contributed by atoms with E-state index in [9.17, 15) is 4.79 Å². The first-order valence-electron chi connectivity index (χ1n) is 7.15. The third-order valence-corrected chi connectivity index (χ3v) is 4.29. The number of aromatic nitrogens is 1. The molecule has 0 aliphatic rings. The second-order valence-electron chi connectivity index (χ2n) is 5.44. The average Bonchev–Trinajstić information content (AvgIpc) is 2.79. The van der Waals surface area contributed by atoms with E-state index >= 15 is 0 Å². The molecule has 0 atom stereocenters. The Morgan fingerprint density at radius 3 is 2.73 bits per heavy atom. The minimum Gasteiger partial charge on any atom is -0.335 e. The van der Waals surface area contributed by atoms with E-state index in [4.69, 9.17) is 0 Å². The van der Waals surface area contributed by atoms with E-state index in [1.807, 2.05) is 54.8 Å². The van der Waals surface area contributed by atoms with Gasteiger partial charge in [-0.2, -0.15) is 0 Å². The number of benzene rings is 2. The number of halogens is 1. The average molecular weight is 357 g/mol. The number of fused-ring (bicyclic) bond motifs is 1. The van der Waals surface area contributed by atoms with Gasteiger partial charge in [-0.15, -0.1) is 0 Å². The van der Waals surface area contributed by atoms with E-state index < -0.39 is 0 Å². The fraction of sp³-hybridized carbons (Fsp3) is 0.167. The lowest BCUT2D eigenvalue weighted by Crippen LogP contribution is -2.19. The van der Waals surface area contributed by atoms with Gasteiger partial charge in [-0.1, -0.05) is 40.2 Å². The Kier molecular flexibility index (Phi) is 4.03. The Hall–Kier alpha value is -2.07. The van der Waals surface area contributed by atoms with Crippen LogP contribution < -0.4 is 5.32 Å². The summed E-state index contributed by atoms with van der Waals surface area (Å²) in [6, 6.07) is 16.1. The van der Waals surface area contributed by atoms with Crippen LogP contribution in [-0.4, -0.2) is 10.5 Å². The molecule has 0 spiro atoms. The van der Waals surface area contributed by atoms with E-state index in [-0.39, 0.29) is 5.91 Å². The predicted molar refractivity (Wildman–Crippen MR) is 94.2 cm³/mol. The van der Waals surface area contributed by atoms with Crippen molar-refractivity contribution in [3.05, 3.63) is 64.3 Å². The summed E-state index contributed by atoms with van der Waals surface area (Å²) in [4.78, 5) is 12.4. The molecule has 3 rings (SSSR count). The molecule has 2 aromatic carbocycles. The van der Waals surface area contributed by atoms with Gasteiger partial charge < -0.3 is 9.88 Å². The molecule has 3 aromatic rings. The first kappa shape index (κ1) is 14.9. The van der Waals surface area contributed by atoms with Crippen LogP contribution in [-0.2, 0) is 11.3 Å². The highest BCUT2D eigenvalue weighted by atomic mass is 79.9.